The van der Waals surface area contributed by atoms with Gasteiger partial charge < -0.3 is 5.32 Å². The fourth-order valence-corrected chi connectivity index (χ4v) is 2.82. The molecule has 1 aliphatic carbocycles. The van der Waals surface area contributed by atoms with Crippen LogP contribution in [0.15, 0.2) is 12.1 Å². The van der Waals surface area contributed by atoms with Crippen LogP contribution in [0.3, 0.4) is 0 Å². The summed E-state index contributed by atoms with van der Waals surface area (Å²) in [7, 11) is 0. The number of alkyl halides is 3. The molecule has 0 bridgehead atoms. The van der Waals surface area contributed by atoms with Crippen molar-refractivity contribution in [2.45, 2.75) is 32.4 Å². The number of halogens is 3. The molecule has 1 aliphatic rings. The molecule has 0 aliphatic heterocycles. The Labute approximate surface area is 119 Å². The maximum Gasteiger partial charge on any atom is 0.453 e. The van der Waals surface area contributed by atoms with E-state index >= 15 is 0 Å². The van der Waals surface area contributed by atoms with Crippen LogP contribution < -0.4 is 5.32 Å². The SMILES string of the molecule is CC1CCCC1CNc1ccc2nnc(C(F)(F)F)n2n1. The predicted molar refractivity (Wildman–Crippen MR) is 70.8 cm³/mol. The van der Waals surface area contributed by atoms with E-state index in [0.717, 1.165) is 17.5 Å². The van der Waals surface area contributed by atoms with E-state index in [4.69, 9.17) is 0 Å². The van der Waals surface area contributed by atoms with E-state index in [1.807, 2.05) is 0 Å². The molecule has 1 saturated carbocycles. The molecule has 2 aromatic heterocycles. The summed E-state index contributed by atoms with van der Waals surface area (Å²) in [6, 6.07) is 3.11. The Kier molecular flexibility index (Phi) is 3.46. The molecular weight excluding hydrogens is 283 g/mol. The van der Waals surface area contributed by atoms with Crippen molar-refractivity contribution in [3.63, 3.8) is 0 Å². The lowest BCUT2D eigenvalue weighted by atomic mass is 9.98. The predicted octanol–water partition coefficient (Wildman–Crippen LogP) is 2.99. The number of fused-ring (bicyclic) bond motifs is 1. The number of rotatable bonds is 3. The second kappa shape index (κ2) is 5.16. The lowest BCUT2D eigenvalue weighted by Gasteiger charge is -2.16. The normalized spacial score (nSPS) is 22.9. The molecule has 21 heavy (non-hydrogen) atoms. The minimum absolute atomic E-state index is 0.0853. The van der Waals surface area contributed by atoms with Crippen LogP contribution in [0.1, 0.15) is 32.0 Å². The van der Waals surface area contributed by atoms with Gasteiger partial charge in [0.15, 0.2) is 5.65 Å². The summed E-state index contributed by atoms with van der Waals surface area (Å²) >= 11 is 0. The van der Waals surface area contributed by atoms with Crippen LogP contribution in [0.4, 0.5) is 19.0 Å². The summed E-state index contributed by atoms with van der Waals surface area (Å²) in [6.07, 6.45) is -0.992. The van der Waals surface area contributed by atoms with Gasteiger partial charge in [0.1, 0.15) is 5.82 Å². The van der Waals surface area contributed by atoms with E-state index < -0.39 is 12.0 Å². The number of nitrogens with zero attached hydrogens (tertiary/aromatic N) is 4. The minimum atomic E-state index is -4.56. The zero-order valence-electron chi connectivity index (χ0n) is 11.6. The zero-order chi connectivity index (χ0) is 15.0. The molecule has 1 N–H and O–H groups in total. The molecule has 8 heteroatoms. The molecule has 0 aromatic carbocycles. The van der Waals surface area contributed by atoms with Gasteiger partial charge >= 0.3 is 6.18 Å². The highest BCUT2D eigenvalue weighted by Gasteiger charge is 2.37. The molecule has 2 atom stereocenters. The van der Waals surface area contributed by atoms with Crippen LogP contribution in [0.5, 0.6) is 0 Å². The lowest BCUT2D eigenvalue weighted by molar-refractivity contribution is -0.146. The average molecular weight is 299 g/mol. The van der Waals surface area contributed by atoms with Crippen LogP contribution >= 0.6 is 0 Å². The Balaban J connectivity index is 1.80. The highest BCUT2D eigenvalue weighted by molar-refractivity contribution is 5.44. The molecule has 2 aromatic rings. The van der Waals surface area contributed by atoms with Crippen molar-refractivity contribution in [2.75, 3.05) is 11.9 Å². The number of hydrogen-bond donors (Lipinski definition) is 1. The second-order valence-corrected chi connectivity index (χ2v) is 5.56. The van der Waals surface area contributed by atoms with Crippen LogP contribution in [0.2, 0.25) is 0 Å². The third-order valence-corrected chi connectivity index (χ3v) is 4.10. The van der Waals surface area contributed by atoms with Gasteiger partial charge in [0, 0.05) is 6.54 Å². The van der Waals surface area contributed by atoms with Crippen molar-refractivity contribution in [3.8, 4) is 0 Å². The Morgan fingerprint density at radius 1 is 1.29 bits per heavy atom. The molecule has 114 valence electrons. The molecular formula is C13H16F3N5. The first-order valence-electron chi connectivity index (χ1n) is 6.98. The van der Waals surface area contributed by atoms with Crippen LogP contribution in [-0.4, -0.2) is 26.4 Å². The van der Waals surface area contributed by atoms with Gasteiger partial charge in [-0.15, -0.1) is 15.3 Å². The lowest BCUT2D eigenvalue weighted by Crippen LogP contribution is -2.18. The van der Waals surface area contributed by atoms with Gasteiger partial charge in [-0.3, -0.25) is 0 Å². The monoisotopic (exact) mass is 299 g/mol. The van der Waals surface area contributed by atoms with Gasteiger partial charge in [-0.2, -0.15) is 17.7 Å². The smallest absolute Gasteiger partial charge is 0.368 e. The molecule has 2 heterocycles. The summed E-state index contributed by atoms with van der Waals surface area (Å²) in [5, 5.41) is 13.7. The Morgan fingerprint density at radius 3 is 2.76 bits per heavy atom. The van der Waals surface area contributed by atoms with Crippen molar-refractivity contribution in [1.82, 2.24) is 19.8 Å². The van der Waals surface area contributed by atoms with Crippen molar-refractivity contribution < 1.29 is 13.2 Å². The fourth-order valence-electron chi connectivity index (χ4n) is 2.82. The third-order valence-electron chi connectivity index (χ3n) is 4.10. The van der Waals surface area contributed by atoms with Crippen LogP contribution in [0, 0.1) is 11.8 Å². The summed E-state index contributed by atoms with van der Waals surface area (Å²) in [5.74, 6) is 0.495. The Morgan fingerprint density at radius 2 is 2.10 bits per heavy atom. The molecule has 0 spiro atoms. The second-order valence-electron chi connectivity index (χ2n) is 5.56. The van der Waals surface area contributed by atoms with Gasteiger partial charge in [0.05, 0.1) is 0 Å². The number of anilines is 1. The van der Waals surface area contributed by atoms with Crippen LogP contribution in [0.25, 0.3) is 5.65 Å². The van der Waals surface area contributed by atoms with E-state index in [1.54, 1.807) is 6.07 Å². The Bertz CT molecular complexity index is 636. The van der Waals surface area contributed by atoms with E-state index in [9.17, 15) is 13.2 Å². The summed E-state index contributed by atoms with van der Waals surface area (Å²) < 4.78 is 39.1. The number of aromatic nitrogens is 4. The molecule has 1 fully saturated rings. The van der Waals surface area contributed by atoms with E-state index in [0.29, 0.717) is 17.7 Å². The van der Waals surface area contributed by atoms with Gasteiger partial charge in [-0.05, 0) is 30.4 Å². The van der Waals surface area contributed by atoms with Gasteiger partial charge in [0.25, 0.3) is 5.82 Å². The minimum Gasteiger partial charge on any atom is -0.368 e. The number of hydrogen-bond acceptors (Lipinski definition) is 4. The standard InChI is InChI=1S/C13H16F3N5/c1-8-3-2-4-9(8)7-17-10-5-6-11-18-19-12(13(14,15)16)21(11)20-10/h5-6,8-9H,2-4,7H2,1H3,(H,17,20). The maximum atomic E-state index is 12.8. The molecule has 5 nitrogen and oxygen atoms in total. The fraction of sp³-hybridized carbons (Fsp3) is 0.615. The largest absolute Gasteiger partial charge is 0.453 e. The first kappa shape index (κ1) is 14.1. The summed E-state index contributed by atoms with van der Waals surface area (Å²) in [6.45, 7) is 2.93. The first-order chi connectivity index (χ1) is 9.95. The van der Waals surface area contributed by atoms with E-state index in [2.05, 4.69) is 27.5 Å². The maximum absolute atomic E-state index is 12.8. The summed E-state index contributed by atoms with van der Waals surface area (Å²) in [4.78, 5) is 0. The average Bonchev–Trinajstić information content (AvgIpc) is 3.01. The quantitative estimate of drug-likeness (QED) is 0.946. The van der Waals surface area contributed by atoms with Crippen molar-refractivity contribution in [3.05, 3.63) is 18.0 Å². The molecule has 0 amide bonds. The highest BCUT2D eigenvalue weighted by atomic mass is 19.4. The molecule has 0 saturated heterocycles. The zero-order valence-corrected chi connectivity index (χ0v) is 11.6. The van der Waals surface area contributed by atoms with E-state index in [-0.39, 0.29) is 5.65 Å². The molecule has 3 rings (SSSR count). The van der Waals surface area contributed by atoms with Gasteiger partial charge in [-0.1, -0.05) is 19.8 Å². The van der Waals surface area contributed by atoms with Crippen molar-refractivity contribution in [1.29, 1.82) is 0 Å². The number of nitrogens with one attached hydrogen (secondary N) is 1. The van der Waals surface area contributed by atoms with E-state index in [1.165, 1.54) is 18.9 Å². The van der Waals surface area contributed by atoms with Gasteiger partial charge in [-0.25, -0.2) is 0 Å². The Hall–Kier alpha value is -1.86. The topological polar surface area (TPSA) is 55.1 Å². The van der Waals surface area contributed by atoms with Crippen LogP contribution in [-0.2, 0) is 6.18 Å². The van der Waals surface area contributed by atoms with Crippen molar-refractivity contribution >= 4 is 11.5 Å². The molecule has 0 radical (unpaired) electrons. The first-order valence-corrected chi connectivity index (χ1v) is 6.98. The third kappa shape index (κ3) is 2.79. The summed E-state index contributed by atoms with van der Waals surface area (Å²) in [5.41, 5.74) is 0.0853. The van der Waals surface area contributed by atoms with Crippen molar-refractivity contribution in [2.24, 2.45) is 11.8 Å². The van der Waals surface area contributed by atoms with Gasteiger partial charge in [0.2, 0.25) is 0 Å². The highest BCUT2D eigenvalue weighted by Crippen LogP contribution is 2.31. The molecule has 2 unspecified atom stereocenters.